The van der Waals surface area contributed by atoms with Crippen molar-refractivity contribution in [3.05, 3.63) is 29.8 Å². The average Bonchev–Trinajstić information content (AvgIpc) is 2.41. The second-order valence-electron chi connectivity index (χ2n) is 5.42. The zero-order valence-electron chi connectivity index (χ0n) is 11.8. The highest BCUT2D eigenvalue weighted by Crippen LogP contribution is 2.26. The third-order valence-electron chi connectivity index (χ3n) is 3.99. The Morgan fingerprint density at radius 2 is 1.83 bits per heavy atom. The quantitative estimate of drug-likeness (QED) is 0.856. The zero-order chi connectivity index (χ0) is 12.8. The lowest BCUT2D eigenvalue weighted by atomic mass is 9.92. The van der Waals surface area contributed by atoms with Gasteiger partial charge in [0.2, 0.25) is 0 Å². The van der Waals surface area contributed by atoms with Gasteiger partial charge in [0.25, 0.3) is 0 Å². The summed E-state index contributed by atoms with van der Waals surface area (Å²) in [7, 11) is 1.99. The molecule has 0 aromatic heterocycles. The Morgan fingerprint density at radius 1 is 1.17 bits per heavy atom. The summed E-state index contributed by atoms with van der Waals surface area (Å²) < 4.78 is 0. The SMILES string of the molecule is CCCC1CCN(c2ccc(CNC)cc2)CC1. The molecule has 1 aromatic rings. The Bertz CT molecular complexity index is 337. The highest BCUT2D eigenvalue weighted by atomic mass is 15.1. The summed E-state index contributed by atoms with van der Waals surface area (Å²) in [6.07, 6.45) is 5.48. The number of rotatable bonds is 5. The maximum Gasteiger partial charge on any atom is 0.0366 e. The van der Waals surface area contributed by atoms with Crippen LogP contribution in [-0.2, 0) is 6.54 Å². The van der Waals surface area contributed by atoms with Gasteiger partial charge in [-0.05, 0) is 43.5 Å². The molecule has 1 aliphatic heterocycles. The molecule has 2 nitrogen and oxygen atoms in total. The number of piperidine rings is 1. The van der Waals surface area contributed by atoms with Gasteiger partial charge < -0.3 is 10.2 Å². The largest absolute Gasteiger partial charge is 0.372 e. The summed E-state index contributed by atoms with van der Waals surface area (Å²) in [5.74, 6) is 0.967. The van der Waals surface area contributed by atoms with E-state index in [4.69, 9.17) is 0 Å². The van der Waals surface area contributed by atoms with Crippen LogP contribution in [-0.4, -0.2) is 20.1 Å². The first kappa shape index (κ1) is 13.4. The van der Waals surface area contributed by atoms with Gasteiger partial charge in [0.05, 0.1) is 0 Å². The molecule has 0 bridgehead atoms. The molecule has 0 unspecified atom stereocenters. The number of benzene rings is 1. The minimum absolute atomic E-state index is 0.957. The number of nitrogens with one attached hydrogen (secondary N) is 1. The fourth-order valence-electron chi connectivity index (χ4n) is 2.92. The van der Waals surface area contributed by atoms with Crippen LogP contribution in [0.25, 0.3) is 0 Å². The van der Waals surface area contributed by atoms with Crippen LogP contribution in [0.4, 0.5) is 5.69 Å². The van der Waals surface area contributed by atoms with Gasteiger partial charge in [0.1, 0.15) is 0 Å². The monoisotopic (exact) mass is 246 g/mol. The normalized spacial score (nSPS) is 17.1. The van der Waals surface area contributed by atoms with Crippen molar-refractivity contribution in [2.75, 3.05) is 25.0 Å². The van der Waals surface area contributed by atoms with E-state index in [9.17, 15) is 0 Å². The number of hydrogen-bond acceptors (Lipinski definition) is 2. The summed E-state index contributed by atoms with van der Waals surface area (Å²) >= 11 is 0. The Balaban J connectivity index is 1.89. The van der Waals surface area contributed by atoms with Crippen molar-refractivity contribution in [3.8, 4) is 0 Å². The van der Waals surface area contributed by atoms with Gasteiger partial charge >= 0.3 is 0 Å². The maximum atomic E-state index is 3.19. The molecular weight excluding hydrogens is 220 g/mol. The zero-order valence-corrected chi connectivity index (χ0v) is 11.8. The van der Waals surface area contributed by atoms with Crippen LogP contribution < -0.4 is 10.2 Å². The molecule has 2 heteroatoms. The average molecular weight is 246 g/mol. The molecule has 0 aliphatic carbocycles. The van der Waals surface area contributed by atoms with Crippen molar-refractivity contribution in [3.63, 3.8) is 0 Å². The van der Waals surface area contributed by atoms with Crippen molar-refractivity contribution < 1.29 is 0 Å². The fraction of sp³-hybridized carbons (Fsp3) is 0.625. The Hall–Kier alpha value is -1.02. The second kappa shape index (κ2) is 6.79. The van der Waals surface area contributed by atoms with E-state index in [0.717, 1.165) is 12.5 Å². The molecule has 2 rings (SSSR count). The van der Waals surface area contributed by atoms with Gasteiger partial charge in [-0.2, -0.15) is 0 Å². The van der Waals surface area contributed by atoms with Gasteiger partial charge in [0, 0.05) is 25.3 Å². The Morgan fingerprint density at radius 3 is 2.39 bits per heavy atom. The first-order chi connectivity index (χ1) is 8.83. The van der Waals surface area contributed by atoms with Crippen LogP contribution >= 0.6 is 0 Å². The lowest BCUT2D eigenvalue weighted by Crippen LogP contribution is -2.33. The van der Waals surface area contributed by atoms with Crippen molar-refractivity contribution in [1.29, 1.82) is 0 Å². The molecule has 1 saturated heterocycles. The lowest BCUT2D eigenvalue weighted by molar-refractivity contribution is 0.378. The number of nitrogens with zero attached hydrogens (tertiary/aromatic N) is 1. The van der Waals surface area contributed by atoms with Crippen LogP contribution in [0.15, 0.2) is 24.3 Å². The molecule has 0 radical (unpaired) electrons. The van der Waals surface area contributed by atoms with Gasteiger partial charge in [-0.1, -0.05) is 31.9 Å². The summed E-state index contributed by atoms with van der Waals surface area (Å²) in [5, 5.41) is 3.19. The minimum Gasteiger partial charge on any atom is -0.372 e. The summed E-state index contributed by atoms with van der Waals surface area (Å²) in [4.78, 5) is 2.54. The molecule has 18 heavy (non-hydrogen) atoms. The van der Waals surface area contributed by atoms with Crippen molar-refractivity contribution in [2.24, 2.45) is 5.92 Å². The highest BCUT2D eigenvalue weighted by molar-refractivity contribution is 5.47. The molecule has 1 heterocycles. The predicted octanol–water partition coefficient (Wildman–Crippen LogP) is 3.42. The van der Waals surface area contributed by atoms with E-state index >= 15 is 0 Å². The van der Waals surface area contributed by atoms with Crippen molar-refractivity contribution in [1.82, 2.24) is 5.32 Å². The smallest absolute Gasteiger partial charge is 0.0366 e. The molecule has 1 aromatic carbocycles. The van der Waals surface area contributed by atoms with Crippen molar-refractivity contribution in [2.45, 2.75) is 39.2 Å². The summed E-state index contributed by atoms with van der Waals surface area (Å²) in [6.45, 7) is 5.72. The lowest BCUT2D eigenvalue weighted by Gasteiger charge is -2.33. The number of hydrogen-bond donors (Lipinski definition) is 1. The van der Waals surface area contributed by atoms with Gasteiger partial charge in [-0.25, -0.2) is 0 Å². The van der Waals surface area contributed by atoms with E-state index in [1.54, 1.807) is 0 Å². The van der Waals surface area contributed by atoms with Gasteiger partial charge in [-0.15, -0.1) is 0 Å². The molecule has 0 amide bonds. The molecule has 1 aliphatic rings. The van der Waals surface area contributed by atoms with E-state index in [0.29, 0.717) is 0 Å². The third-order valence-corrected chi connectivity index (χ3v) is 3.99. The molecule has 100 valence electrons. The summed E-state index contributed by atoms with van der Waals surface area (Å²) in [6, 6.07) is 9.02. The number of anilines is 1. The van der Waals surface area contributed by atoms with Crippen LogP contribution in [0.2, 0.25) is 0 Å². The molecule has 1 N–H and O–H groups in total. The van der Waals surface area contributed by atoms with E-state index in [-0.39, 0.29) is 0 Å². The topological polar surface area (TPSA) is 15.3 Å². The second-order valence-corrected chi connectivity index (χ2v) is 5.42. The first-order valence-electron chi connectivity index (χ1n) is 7.32. The van der Waals surface area contributed by atoms with Crippen LogP contribution in [0.3, 0.4) is 0 Å². The molecule has 0 saturated carbocycles. The van der Waals surface area contributed by atoms with E-state index in [1.165, 1.54) is 50.0 Å². The molecule has 0 spiro atoms. The van der Waals surface area contributed by atoms with Gasteiger partial charge in [-0.3, -0.25) is 0 Å². The fourth-order valence-corrected chi connectivity index (χ4v) is 2.92. The van der Waals surface area contributed by atoms with E-state index in [2.05, 4.69) is 41.4 Å². The summed E-state index contributed by atoms with van der Waals surface area (Å²) in [5.41, 5.74) is 2.76. The predicted molar refractivity (Wildman–Crippen MR) is 79.1 cm³/mol. The van der Waals surface area contributed by atoms with E-state index < -0.39 is 0 Å². The highest BCUT2D eigenvalue weighted by Gasteiger charge is 2.18. The Labute approximate surface area is 111 Å². The standard InChI is InChI=1S/C16H26N2/c1-3-4-14-9-11-18(12-10-14)16-7-5-15(6-8-16)13-17-2/h5-8,14,17H,3-4,9-13H2,1-2H3. The van der Waals surface area contributed by atoms with Crippen LogP contribution in [0, 0.1) is 5.92 Å². The Kier molecular flexibility index (Phi) is 5.06. The minimum atomic E-state index is 0.957. The van der Waals surface area contributed by atoms with E-state index in [1.807, 2.05) is 7.05 Å². The van der Waals surface area contributed by atoms with Crippen LogP contribution in [0.1, 0.15) is 38.2 Å². The van der Waals surface area contributed by atoms with Crippen LogP contribution in [0.5, 0.6) is 0 Å². The van der Waals surface area contributed by atoms with Crippen molar-refractivity contribution >= 4 is 5.69 Å². The van der Waals surface area contributed by atoms with Gasteiger partial charge in [0.15, 0.2) is 0 Å². The third kappa shape index (κ3) is 3.49. The first-order valence-corrected chi connectivity index (χ1v) is 7.32. The molecular formula is C16H26N2. The molecule has 0 atom stereocenters. The molecule has 1 fully saturated rings. The maximum absolute atomic E-state index is 3.19.